The van der Waals surface area contributed by atoms with Crippen LogP contribution in [0.1, 0.15) is 48.8 Å². The molecular formula is C28H33N3O6S. The predicted molar refractivity (Wildman–Crippen MR) is 146 cm³/mol. The molecule has 3 aromatic rings. The average molecular weight is 540 g/mol. The molecule has 9 nitrogen and oxygen atoms in total. The fourth-order valence-electron chi connectivity index (χ4n) is 4.13. The summed E-state index contributed by atoms with van der Waals surface area (Å²) in [5.41, 5.74) is 5.23. The first-order chi connectivity index (χ1) is 18.1. The second-order valence-corrected chi connectivity index (χ2v) is 11.1. The largest absolute Gasteiger partial charge is 0.497 e. The van der Waals surface area contributed by atoms with Crippen LogP contribution < -0.4 is 20.3 Å². The topological polar surface area (TPSA) is 106 Å². The van der Waals surface area contributed by atoms with Crippen molar-refractivity contribution in [3.8, 4) is 11.5 Å². The van der Waals surface area contributed by atoms with E-state index in [1.54, 1.807) is 30.2 Å². The van der Waals surface area contributed by atoms with Crippen molar-refractivity contribution in [3.63, 3.8) is 0 Å². The number of nitrogens with zero attached hydrogens (tertiary/aromatic N) is 1. The number of likely N-dealkylation sites (tertiary alicyclic amines) is 1. The van der Waals surface area contributed by atoms with Crippen molar-refractivity contribution in [1.82, 2.24) is 15.8 Å². The molecule has 0 bridgehead atoms. The molecule has 2 aromatic carbocycles. The summed E-state index contributed by atoms with van der Waals surface area (Å²) < 4.78 is 17.9. The van der Waals surface area contributed by atoms with Crippen molar-refractivity contribution in [1.29, 1.82) is 0 Å². The highest BCUT2D eigenvalue weighted by molar-refractivity contribution is 7.21. The number of amides is 3. The average Bonchev–Trinajstić information content (AvgIpc) is 3.25. The molecule has 1 fully saturated rings. The first-order valence-electron chi connectivity index (χ1n) is 12.5. The lowest BCUT2D eigenvalue weighted by Crippen LogP contribution is -2.44. The minimum absolute atomic E-state index is 0.0868. The third-order valence-corrected chi connectivity index (χ3v) is 7.10. The summed E-state index contributed by atoms with van der Waals surface area (Å²) in [5.74, 6) is 0.334. The molecule has 0 spiro atoms. The molecule has 0 saturated carbocycles. The molecule has 1 saturated heterocycles. The zero-order chi connectivity index (χ0) is 27.3. The molecule has 1 aromatic heterocycles. The van der Waals surface area contributed by atoms with Crippen molar-refractivity contribution in [2.45, 2.75) is 51.7 Å². The van der Waals surface area contributed by atoms with Gasteiger partial charge in [-0.15, -0.1) is 11.3 Å². The molecule has 38 heavy (non-hydrogen) atoms. The van der Waals surface area contributed by atoms with Crippen LogP contribution in [0.5, 0.6) is 11.5 Å². The van der Waals surface area contributed by atoms with Crippen LogP contribution in [-0.4, -0.2) is 54.7 Å². The van der Waals surface area contributed by atoms with Gasteiger partial charge in [0.15, 0.2) is 5.75 Å². The Morgan fingerprint density at radius 3 is 2.47 bits per heavy atom. The Hall–Kier alpha value is -3.79. The molecule has 0 atom stereocenters. The van der Waals surface area contributed by atoms with Gasteiger partial charge in [0.1, 0.15) is 22.3 Å². The lowest BCUT2D eigenvalue weighted by atomic mass is 10.1. The Morgan fingerprint density at radius 1 is 1.03 bits per heavy atom. The summed E-state index contributed by atoms with van der Waals surface area (Å²) >= 11 is 1.30. The maximum atomic E-state index is 13.1. The molecule has 4 rings (SSSR count). The maximum Gasteiger partial charge on any atom is 0.410 e. The standard InChI is InChI=1S/C28H33N3O6S/c1-28(2,3)37-27(34)31-14-12-19(13-15-31)36-24-21-10-5-6-11-22(21)38-25(24)26(33)30-29-23(32)17-18-8-7-9-20(16-18)35-4/h5-11,16,19H,12-15,17H2,1-4H3,(H,29,32)(H,30,33). The number of benzene rings is 2. The van der Waals surface area contributed by atoms with Gasteiger partial charge in [-0.2, -0.15) is 0 Å². The number of rotatable bonds is 6. The third kappa shape index (κ3) is 6.95. The first-order valence-corrected chi connectivity index (χ1v) is 13.3. The minimum atomic E-state index is -0.550. The van der Waals surface area contributed by atoms with Crippen LogP contribution in [0, 0.1) is 0 Å². The van der Waals surface area contributed by atoms with E-state index in [1.165, 1.54) is 11.3 Å². The van der Waals surface area contributed by atoms with E-state index in [9.17, 15) is 14.4 Å². The monoisotopic (exact) mass is 539 g/mol. The Morgan fingerprint density at radius 2 is 1.76 bits per heavy atom. The number of ether oxygens (including phenoxy) is 3. The van der Waals surface area contributed by atoms with E-state index in [0.29, 0.717) is 42.3 Å². The predicted octanol–water partition coefficient (Wildman–Crippen LogP) is 4.69. The summed E-state index contributed by atoms with van der Waals surface area (Å²) in [6.07, 6.45) is 0.815. The highest BCUT2D eigenvalue weighted by atomic mass is 32.1. The van der Waals surface area contributed by atoms with Gasteiger partial charge in [0, 0.05) is 36.0 Å². The summed E-state index contributed by atoms with van der Waals surface area (Å²) in [4.78, 5) is 40.0. The number of piperidine rings is 1. The second-order valence-electron chi connectivity index (χ2n) is 10.1. The number of carbonyl (C=O) groups is 3. The van der Waals surface area contributed by atoms with Gasteiger partial charge in [-0.3, -0.25) is 20.4 Å². The van der Waals surface area contributed by atoms with E-state index in [-0.39, 0.29) is 24.5 Å². The Balaban J connectivity index is 1.40. The Kier molecular flexibility index (Phi) is 8.41. The summed E-state index contributed by atoms with van der Waals surface area (Å²) in [6, 6.07) is 14.8. The SMILES string of the molecule is COc1cccc(CC(=O)NNC(=O)c2sc3ccccc3c2OC2CCN(C(=O)OC(C)(C)C)CC2)c1. The molecular weight excluding hydrogens is 506 g/mol. The smallest absolute Gasteiger partial charge is 0.410 e. The van der Waals surface area contributed by atoms with Crippen LogP contribution in [0.15, 0.2) is 48.5 Å². The fraction of sp³-hybridized carbons (Fsp3) is 0.393. The van der Waals surface area contributed by atoms with Crippen molar-refractivity contribution in [2.24, 2.45) is 0 Å². The molecule has 2 N–H and O–H groups in total. The number of hydrazine groups is 1. The number of hydrogen-bond donors (Lipinski definition) is 2. The van der Waals surface area contributed by atoms with Crippen LogP contribution in [-0.2, 0) is 16.0 Å². The fourth-order valence-corrected chi connectivity index (χ4v) is 5.16. The van der Waals surface area contributed by atoms with Crippen LogP contribution in [0.2, 0.25) is 0 Å². The molecule has 0 unspecified atom stereocenters. The molecule has 1 aliphatic rings. The number of fused-ring (bicyclic) bond motifs is 1. The molecule has 0 radical (unpaired) electrons. The van der Waals surface area contributed by atoms with Crippen LogP contribution in [0.4, 0.5) is 4.79 Å². The number of nitrogens with one attached hydrogen (secondary N) is 2. The molecule has 10 heteroatoms. The van der Waals surface area contributed by atoms with Crippen molar-refractivity contribution in [2.75, 3.05) is 20.2 Å². The quantitative estimate of drug-likeness (QED) is 0.440. The van der Waals surface area contributed by atoms with Crippen LogP contribution in [0.3, 0.4) is 0 Å². The van der Waals surface area contributed by atoms with E-state index >= 15 is 0 Å². The van der Waals surface area contributed by atoms with Gasteiger partial charge in [0.05, 0.1) is 13.5 Å². The third-order valence-electron chi connectivity index (χ3n) is 5.95. The van der Waals surface area contributed by atoms with Gasteiger partial charge in [-0.1, -0.05) is 24.3 Å². The van der Waals surface area contributed by atoms with E-state index in [4.69, 9.17) is 14.2 Å². The van der Waals surface area contributed by atoms with Gasteiger partial charge in [0.2, 0.25) is 5.91 Å². The Labute approximate surface area is 226 Å². The van der Waals surface area contributed by atoms with E-state index in [1.807, 2.05) is 51.1 Å². The molecule has 2 heterocycles. The number of carbonyl (C=O) groups excluding carboxylic acids is 3. The molecule has 0 aliphatic carbocycles. The normalized spacial score (nSPS) is 14.2. The summed E-state index contributed by atoms with van der Waals surface area (Å²) in [6.45, 7) is 6.54. The highest BCUT2D eigenvalue weighted by Crippen LogP contribution is 2.39. The van der Waals surface area contributed by atoms with E-state index in [2.05, 4.69) is 10.9 Å². The second kappa shape index (κ2) is 11.7. The lowest BCUT2D eigenvalue weighted by Gasteiger charge is -2.33. The molecule has 1 aliphatic heterocycles. The van der Waals surface area contributed by atoms with Crippen LogP contribution >= 0.6 is 11.3 Å². The van der Waals surface area contributed by atoms with Crippen LogP contribution in [0.25, 0.3) is 10.1 Å². The van der Waals surface area contributed by atoms with Gasteiger partial charge >= 0.3 is 6.09 Å². The maximum absolute atomic E-state index is 13.1. The van der Waals surface area contributed by atoms with Crippen molar-refractivity contribution < 1.29 is 28.6 Å². The van der Waals surface area contributed by atoms with E-state index < -0.39 is 11.5 Å². The zero-order valence-electron chi connectivity index (χ0n) is 22.0. The highest BCUT2D eigenvalue weighted by Gasteiger charge is 2.29. The van der Waals surface area contributed by atoms with Gasteiger partial charge in [-0.25, -0.2) is 4.79 Å². The Bertz CT molecular complexity index is 1310. The van der Waals surface area contributed by atoms with Gasteiger partial charge in [0.25, 0.3) is 5.91 Å². The lowest BCUT2D eigenvalue weighted by molar-refractivity contribution is -0.121. The number of hydrogen-bond acceptors (Lipinski definition) is 7. The van der Waals surface area contributed by atoms with E-state index in [0.717, 1.165) is 15.6 Å². The number of thiophene rings is 1. The van der Waals surface area contributed by atoms with Crippen molar-refractivity contribution >= 4 is 39.3 Å². The number of methoxy groups -OCH3 is 1. The van der Waals surface area contributed by atoms with Gasteiger partial charge in [-0.05, 0) is 50.6 Å². The summed E-state index contributed by atoms with van der Waals surface area (Å²) in [5, 5.41) is 0.833. The minimum Gasteiger partial charge on any atom is -0.497 e. The van der Waals surface area contributed by atoms with Crippen molar-refractivity contribution in [3.05, 3.63) is 59.0 Å². The molecule has 202 valence electrons. The summed E-state index contributed by atoms with van der Waals surface area (Å²) in [7, 11) is 1.56. The zero-order valence-corrected chi connectivity index (χ0v) is 22.9. The van der Waals surface area contributed by atoms with Gasteiger partial charge < -0.3 is 19.1 Å². The first kappa shape index (κ1) is 27.3. The molecule has 3 amide bonds.